The van der Waals surface area contributed by atoms with Crippen molar-refractivity contribution in [3.8, 4) is 11.1 Å². The summed E-state index contributed by atoms with van der Waals surface area (Å²) in [6.45, 7) is 6.41. The van der Waals surface area contributed by atoms with Crippen molar-refractivity contribution in [1.29, 1.82) is 0 Å². The van der Waals surface area contributed by atoms with Crippen LogP contribution in [0.1, 0.15) is 25.8 Å². The topological polar surface area (TPSA) is 88.2 Å². The number of rotatable bonds is 6. The molecular formula is C18H25N5O. The third-order valence-electron chi connectivity index (χ3n) is 3.56. The van der Waals surface area contributed by atoms with Gasteiger partial charge in [0.05, 0.1) is 5.56 Å². The first kappa shape index (κ1) is 17.9. The van der Waals surface area contributed by atoms with Gasteiger partial charge in [0.1, 0.15) is 0 Å². The molecule has 4 N–H and O–H groups in total. The predicted molar refractivity (Wildman–Crippen MR) is 98.0 cm³/mol. The van der Waals surface area contributed by atoms with Crippen LogP contribution in [0.5, 0.6) is 0 Å². The number of hydrogen-bond acceptors (Lipinski definition) is 4. The van der Waals surface area contributed by atoms with Crippen molar-refractivity contribution in [2.45, 2.75) is 26.8 Å². The van der Waals surface area contributed by atoms with Crippen molar-refractivity contribution in [1.82, 2.24) is 19.7 Å². The standard InChI is InChI=1S/C16H19N5O.C2H6/c17-6-1-7-18-10-12-2-4-13(5-3-12)14-11-21-9-8-19-16(21)20-15(14)22;1-2/h2-5,8-9,11,18H,1,6-7,10,17H2,(H,19,20,22);1-2H3. The number of aromatic amines is 1. The summed E-state index contributed by atoms with van der Waals surface area (Å²) in [5.74, 6) is 0.550. The normalized spacial score (nSPS) is 10.5. The van der Waals surface area contributed by atoms with Crippen LogP contribution >= 0.6 is 0 Å². The predicted octanol–water partition coefficient (Wildman–Crippen LogP) is 2.15. The van der Waals surface area contributed by atoms with Gasteiger partial charge in [-0.2, -0.15) is 0 Å². The Balaban J connectivity index is 0.00000100. The molecule has 2 heterocycles. The van der Waals surface area contributed by atoms with Crippen LogP contribution in [0.4, 0.5) is 0 Å². The van der Waals surface area contributed by atoms with Crippen LogP contribution in [0.15, 0.2) is 47.7 Å². The third kappa shape index (κ3) is 4.31. The lowest BCUT2D eigenvalue weighted by Gasteiger charge is -2.06. The summed E-state index contributed by atoms with van der Waals surface area (Å²) < 4.78 is 1.80. The molecule has 6 nitrogen and oxygen atoms in total. The van der Waals surface area contributed by atoms with Gasteiger partial charge in [0.15, 0.2) is 0 Å². The van der Waals surface area contributed by atoms with Crippen LogP contribution in [-0.4, -0.2) is 27.5 Å². The Bertz CT molecular complexity index is 804. The van der Waals surface area contributed by atoms with Crippen LogP contribution < -0.4 is 16.6 Å². The number of nitrogens with two attached hydrogens (primary N) is 1. The van der Waals surface area contributed by atoms with Crippen LogP contribution in [0, 0.1) is 0 Å². The van der Waals surface area contributed by atoms with Crippen molar-refractivity contribution >= 4 is 5.78 Å². The molecule has 1 aromatic carbocycles. The molecule has 0 atom stereocenters. The van der Waals surface area contributed by atoms with E-state index in [4.69, 9.17) is 5.73 Å². The van der Waals surface area contributed by atoms with Gasteiger partial charge in [0, 0.05) is 25.1 Å². The van der Waals surface area contributed by atoms with E-state index in [1.807, 2.05) is 44.3 Å². The van der Waals surface area contributed by atoms with Gasteiger partial charge in [-0.3, -0.25) is 14.2 Å². The van der Waals surface area contributed by atoms with E-state index in [1.54, 1.807) is 16.8 Å². The van der Waals surface area contributed by atoms with Gasteiger partial charge in [0.2, 0.25) is 5.78 Å². The number of fused-ring (bicyclic) bond motifs is 1. The molecule has 0 amide bonds. The van der Waals surface area contributed by atoms with E-state index in [1.165, 1.54) is 5.56 Å². The molecule has 128 valence electrons. The second kappa shape index (κ2) is 9.00. The third-order valence-corrected chi connectivity index (χ3v) is 3.56. The maximum absolute atomic E-state index is 12.1. The molecule has 0 saturated heterocycles. The fourth-order valence-corrected chi connectivity index (χ4v) is 2.35. The number of benzene rings is 1. The number of nitrogens with one attached hydrogen (secondary N) is 2. The minimum atomic E-state index is -0.132. The molecule has 3 rings (SSSR count). The first-order chi connectivity index (χ1) is 11.8. The highest BCUT2D eigenvalue weighted by Crippen LogP contribution is 2.16. The fraction of sp³-hybridized carbons (Fsp3) is 0.333. The van der Waals surface area contributed by atoms with Gasteiger partial charge >= 0.3 is 0 Å². The molecule has 0 aliphatic carbocycles. The molecule has 0 fully saturated rings. The highest BCUT2D eigenvalue weighted by Gasteiger charge is 2.06. The zero-order chi connectivity index (χ0) is 17.4. The molecule has 0 unspecified atom stereocenters. The number of hydrogen-bond donors (Lipinski definition) is 3. The Labute approximate surface area is 141 Å². The average molecular weight is 327 g/mol. The Hall–Kier alpha value is -2.44. The molecule has 24 heavy (non-hydrogen) atoms. The van der Waals surface area contributed by atoms with E-state index in [0.29, 0.717) is 17.9 Å². The van der Waals surface area contributed by atoms with E-state index in [0.717, 1.165) is 25.1 Å². The van der Waals surface area contributed by atoms with Crippen LogP contribution in [0.25, 0.3) is 16.9 Å². The molecule has 6 heteroatoms. The molecule has 3 aromatic rings. The highest BCUT2D eigenvalue weighted by molar-refractivity contribution is 5.62. The van der Waals surface area contributed by atoms with Gasteiger partial charge in [-0.25, -0.2) is 4.98 Å². The molecule has 0 aliphatic heterocycles. The maximum atomic E-state index is 12.1. The van der Waals surface area contributed by atoms with Crippen molar-refractivity contribution in [2.24, 2.45) is 5.73 Å². The largest absolute Gasteiger partial charge is 0.330 e. The Kier molecular flexibility index (Phi) is 6.72. The van der Waals surface area contributed by atoms with Crippen molar-refractivity contribution in [3.63, 3.8) is 0 Å². The lowest BCUT2D eigenvalue weighted by atomic mass is 10.1. The summed E-state index contributed by atoms with van der Waals surface area (Å²) in [5, 5.41) is 3.33. The minimum absolute atomic E-state index is 0.132. The first-order valence-corrected chi connectivity index (χ1v) is 8.34. The summed E-state index contributed by atoms with van der Waals surface area (Å²) in [7, 11) is 0. The lowest BCUT2D eigenvalue weighted by Crippen LogP contribution is -2.17. The van der Waals surface area contributed by atoms with Crippen LogP contribution in [-0.2, 0) is 6.54 Å². The first-order valence-electron chi connectivity index (χ1n) is 8.34. The Morgan fingerprint density at radius 1 is 1.25 bits per heavy atom. The molecule has 0 saturated carbocycles. The number of nitrogens with zero attached hydrogens (tertiary/aromatic N) is 2. The van der Waals surface area contributed by atoms with E-state index in [2.05, 4.69) is 15.3 Å². The van der Waals surface area contributed by atoms with Crippen molar-refractivity contribution < 1.29 is 0 Å². The molecule has 0 spiro atoms. The van der Waals surface area contributed by atoms with Gasteiger partial charge in [0.25, 0.3) is 5.56 Å². The minimum Gasteiger partial charge on any atom is -0.330 e. The quantitative estimate of drug-likeness (QED) is 0.605. The van der Waals surface area contributed by atoms with Gasteiger partial charge in [-0.15, -0.1) is 0 Å². The smallest absolute Gasteiger partial charge is 0.260 e. The van der Waals surface area contributed by atoms with Gasteiger partial charge in [-0.05, 0) is 30.6 Å². The average Bonchev–Trinajstić information content (AvgIpc) is 3.07. The van der Waals surface area contributed by atoms with E-state index in [9.17, 15) is 4.79 Å². The highest BCUT2D eigenvalue weighted by atomic mass is 16.1. The SMILES string of the molecule is CC.NCCCNCc1ccc(-c2cn3ccnc3[nH]c2=O)cc1. The van der Waals surface area contributed by atoms with Crippen molar-refractivity contribution in [3.05, 3.63) is 58.8 Å². The van der Waals surface area contributed by atoms with Crippen LogP contribution in [0.2, 0.25) is 0 Å². The maximum Gasteiger partial charge on any atom is 0.260 e. The molecular weight excluding hydrogens is 302 g/mol. The Morgan fingerprint density at radius 2 is 2.00 bits per heavy atom. The second-order valence-electron chi connectivity index (χ2n) is 5.17. The zero-order valence-electron chi connectivity index (χ0n) is 14.2. The summed E-state index contributed by atoms with van der Waals surface area (Å²) >= 11 is 0. The molecule has 0 aliphatic rings. The summed E-state index contributed by atoms with van der Waals surface area (Å²) in [6, 6.07) is 7.99. The molecule has 2 aromatic heterocycles. The number of H-pyrrole nitrogens is 1. The van der Waals surface area contributed by atoms with Crippen LogP contribution in [0.3, 0.4) is 0 Å². The lowest BCUT2D eigenvalue weighted by molar-refractivity contribution is 0.655. The van der Waals surface area contributed by atoms with Gasteiger partial charge in [-0.1, -0.05) is 38.1 Å². The summed E-state index contributed by atoms with van der Waals surface area (Å²) in [5.41, 5.74) is 8.03. The molecule has 0 bridgehead atoms. The van der Waals surface area contributed by atoms with E-state index < -0.39 is 0 Å². The second-order valence-corrected chi connectivity index (χ2v) is 5.17. The number of imidazole rings is 1. The molecule has 0 radical (unpaired) electrons. The fourth-order valence-electron chi connectivity index (χ4n) is 2.35. The van der Waals surface area contributed by atoms with E-state index in [-0.39, 0.29) is 5.56 Å². The zero-order valence-corrected chi connectivity index (χ0v) is 14.2. The monoisotopic (exact) mass is 327 g/mol. The summed E-state index contributed by atoms with van der Waals surface area (Å²) in [6.07, 6.45) is 6.24. The van der Waals surface area contributed by atoms with E-state index >= 15 is 0 Å². The Morgan fingerprint density at radius 3 is 2.71 bits per heavy atom. The van der Waals surface area contributed by atoms with Gasteiger partial charge < -0.3 is 11.1 Å². The number of aromatic nitrogens is 3. The summed E-state index contributed by atoms with van der Waals surface area (Å²) in [4.78, 5) is 19.0. The van der Waals surface area contributed by atoms with Crippen molar-refractivity contribution in [2.75, 3.05) is 13.1 Å².